The van der Waals surface area contributed by atoms with E-state index < -0.39 is 12.4 Å². The van der Waals surface area contributed by atoms with Crippen molar-refractivity contribution in [2.24, 2.45) is 0 Å². The zero-order valence-electron chi connectivity index (χ0n) is 5.27. The minimum Gasteiger partial charge on any atom is -0.445 e. The average molecular weight is 165 g/mol. The van der Waals surface area contributed by atoms with Crippen molar-refractivity contribution in [2.75, 3.05) is 0 Å². The fraction of sp³-hybridized carbons (Fsp3) is 0.200. The summed E-state index contributed by atoms with van der Waals surface area (Å²) >= 11 is 1.13. The molecule has 10 heavy (non-hydrogen) atoms. The minimum absolute atomic E-state index is 0.484. The average Bonchev–Trinajstić information content (AvgIpc) is 2.11. The molecule has 0 saturated carbocycles. The van der Waals surface area contributed by atoms with Gasteiger partial charge >= 0.3 is 6.98 Å². The molecule has 1 heterocycles. The third kappa shape index (κ3) is 1.53. The summed E-state index contributed by atoms with van der Waals surface area (Å²) in [5.74, 6) is 0. The summed E-state index contributed by atoms with van der Waals surface area (Å²) in [5.41, 5.74) is -0.484. The maximum Gasteiger partial charge on any atom is 0.510 e. The molecule has 0 atom stereocenters. The van der Waals surface area contributed by atoms with Crippen molar-refractivity contribution in [1.82, 2.24) is 0 Å². The van der Waals surface area contributed by atoms with Crippen molar-refractivity contribution in [2.45, 2.75) is 6.92 Å². The second-order valence-corrected chi connectivity index (χ2v) is 3.18. The Balaban J connectivity index is 2.96. The van der Waals surface area contributed by atoms with Crippen LogP contribution in [-0.2, 0) is 0 Å². The van der Waals surface area contributed by atoms with E-state index in [4.69, 9.17) is 0 Å². The molecular weight excluding hydrogens is 160 g/mol. The maximum absolute atomic E-state index is 11.9. The van der Waals surface area contributed by atoms with Gasteiger partial charge in [-0.1, -0.05) is 11.5 Å². The monoisotopic (exact) mass is 165 g/mol. The van der Waals surface area contributed by atoms with E-state index >= 15 is 0 Å². The van der Waals surface area contributed by atoms with Crippen LogP contribution in [0.15, 0.2) is 11.4 Å². The van der Waals surface area contributed by atoms with Gasteiger partial charge in [0.1, 0.15) is 0 Å². The van der Waals surface area contributed by atoms with Gasteiger partial charge in [-0.3, -0.25) is 0 Å². The van der Waals surface area contributed by atoms with Gasteiger partial charge in [-0.15, -0.1) is 0 Å². The van der Waals surface area contributed by atoms with E-state index in [2.05, 4.69) is 0 Å². The van der Waals surface area contributed by atoms with E-state index in [-0.39, 0.29) is 0 Å². The standard InChI is InChI=1S/C5H5BF3S/c1-4-2-5(3-10-4)6(7,8)9/h2-3H,1H3/q-1. The molecule has 5 heteroatoms. The van der Waals surface area contributed by atoms with Crippen molar-refractivity contribution >= 4 is 23.8 Å². The molecule has 0 spiro atoms. The van der Waals surface area contributed by atoms with E-state index in [1.165, 1.54) is 6.07 Å². The zero-order chi connectivity index (χ0) is 7.78. The van der Waals surface area contributed by atoms with E-state index in [0.29, 0.717) is 4.88 Å². The van der Waals surface area contributed by atoms with Crippen molar-refractivity contribution < 1.29 is 12.9 Å². The van der Waals surface area contributed by atoms with Gasteiger partial charge in [0.05, 0.1) is 0 Å². The highest BCUT2D eigenvalue weighted by atomic mass is 32.1. The third-order valence-electron chi connectivity index (χ3n) is 1.13. The second-order valence-electron chi connectivity index (χ2n) is 2.07. The zero-order valence-corrected chi connectivity index (χ0v) is 6.09. The molecule has 0 aromatic carbocycles. The first-order valence-corrected chi connectivity index (χ1v) is 3.63. The number of aryl methyl sites for hydroxylation is 1. The number of thiophene rings is 1. The molecule has 0 fully saturated rings. The van der Waals surface area contributed by atoms with Gasteiger partial charge in [0.25, 0.3) is 0 Å². The number of rotatable bonds is 1. The molecule has 1 aromatic heterocycles. The fourth-order valence-corrected chi connectivity index (χ4v) is 1.38. The van der Waals surface area contributed by atoms with Crippen LogP contribution in [0.4, 0.5) is 12.9 Å². The van der Waals surface area contributed by atoms with Crippen molar-refractivity contribution in [3.63, 3.8) is 0 Å². The van der Waals surface area contributed by atoms with Crippen LogP contribution in [-0.4, -0.2) is 6.98 Å². The summed E-state index contributed by atoms with van der Waals surface area (Å²) in [6.07, 6.45) is 0. The minimum atomic E-state index is -4.77. The van der Waals surface area contributed by atoms with Gasteiger partial charge in [0, 0.05) is 0 Å². The first kappa shape index (κ1) is 7.66. The fourth-order valence-electron chi connectivity index (χ4n) is 0.635. The predicted molar refractivity (Wildman–Crippen MR) is 37.8 cm³/mol. The highest BCUT2D eigenvalue weighted by Crippen LogP contribution is 2.13. The first-order chi connectivity index (χ1) is 4.50. The van der Waals surface area contributed by atoms with Crippen molar-refractivity contribution in [3.8, 4) is 0 Å². The lowest BCUT2D eigenvalue weighted by molar-refractivity contribution is 0.501. The van der Waals surface area contributed by atoms with Gasteiger partial charge in [-0.25, -0.2) is 0 Å². The molecule has 0 saturated heterocycles. The molecule has 0 radical (unpaired) electrons. The molecule has 0 unspecified atom stereocenters. The SMILES string of the molecule is Cc1cc([B-](F)(F)F)cs1. The van der Waals surface area contributed by atoms with Crippen LogP contribution in [0.25, 0.3) is 0 Å². The highest BCUT2D eigenvalue weighted by molar-refractivity contribution is 7.11. The molecule has 0 N–H and O–H groups in total. The Bertz CT molecular complexity index is 227. The molecule has 56 valence electrons. The molecule has 1 rings (SSSR count). The van der Waals surface area contributed by atoms with E-state index in [9.17, 15) is 12.9 Å². The van der Waals surface area contributed by atoms with Crippen LogP contribution in [0.1, 0.15) is 4.88 Å². The summed E-state index contributed by atoms with van der Waals surface area (Å²) in [6.45, 7) is -3.11. The third-order valence-corrected chi connectivity index (χ3v) is 2.01. The molecule has 1 aromatic rings. The summed E-state index contributed by atoms with van der Waals surface area (Å²) in [6, 6.07) is 1.17. The van der Waals surface area contributed by atoms with Crippen LogP contribution in [0.3, 0.4) is 0 Å². The van der Waals surface area contributed by atoms with Gasteiger partial charge in [-0.2, -0.15) is 11.3 Å². The summed E-state index contributed by atoms with van der Waals surface area (Å²) < 4.78 is 35.6. The Morgan fingerprint density at radius 2 is 2.00 bits per heavy atom. The molecule has 0 bridgehead atoms. The quantitative estimate of drug-likeness (QED) is 0.559. The Labute approximate surface area is 60.7 Å². The first-order valence-electron chi connectivity index (χ1n) is 2.75. The van der Waals surface area contributed by atoms with Gasteiger partial charge < -0.3 is 12.9 Å². The predicted octanol–water partition coefficient (Wildman–Crippen LogP) is 2.11. The lowest BCUT2D eigenvalue weighted by atomic mass is 9.82. The smallest absolute Gasteiger partial charge is 0.445 e. The van der Waals surface area contributed by atoms with Crippen LogP contribution in [0.2, 0.25) is 0 Å². The lowest BCUT2D eigenvalue weighted by Gasteiger charge is -2.10. The van der Waals surface area contributed by atoms with Gasteiger partial charge in [0.15, 0.2) is 0 Å². The van der Waals surface area contributed by atoms with Crippen LogP contribution in [0.5, 0.6) is 0 Å². The number of halogens is 3. The van der Waals surface area contributed by atoms with Crippen LogP contribution in [0, 0.1) is 6.92 Å². The molecular formula is C5H5BF3S-. The molecule has 0 amide bonds. The Morgan fingerprint density at radius 3 is 2.20 bits per heavy atom. The van der Waals surface area contributed by atoms with E-state index in [0.717, 1.165) is 16.7 Å². The van der Waals surface area contributed by atoms with E-state index in [1.807, 2.05) is 0 Å². The van der Waals surface area contributed by atoms with Crippen LogP contribution < -0.4 is 5.46 Å². The van der Waals surface area contributed by atoms with Crippen LogP contribution >= 0.6 is 11.3 Å². The maximum atomic E-state index is 11.9. The Hall–Kier alpha value is -0.445. The van der Waals surface area contributed by atoms with Gasteiger partial charge in [0.2, 0.25) is 0 Å². The molecule has 0 aliphatic rings. The lowest BCUT2D eigenvalue weighted by Crippen LogP contribution is -2.32. The molecule has 0 aliphatic carbocycles. The largest absolute Gasteiger partial charge is 0.510 e. The molecule has 0 nitrogen and oxygen atoms in total. The Kier molecular flexibility index (Phi) is 1.77. The summed E-state index contributed by atoms with van der Waals surface area (Å²) in [7, 11) is 0. The number of hydrogen-bond acceptors (Lipinski definition) is 1. The molecule has 0 aliphatic heterocycles. The second kappa shape index (κ2) is 2.30. The summed E-state index contributed by atoms with van der Waals surface area (Å²) in [5, 5.41) is 1.15. The van der Waals surface area contributed by atoms with Crippen molar-refractivity contribution in [3.05, 3.63) is 16.3 Å². The van der Waals surface area contributed by atoms with Crippen molar-refractivity contribution in [1.29, 1.82) is 0 Å². The van der Waals surface area contributed by atoms with Gasteiger partial charge in [-0.05, 0) is 17.2 Å². The topological polar surface area (TPSA) is 0 Å². The number of hydrogen-bond donors (Lipinski definition) is 0. The normalized spacial score (nSPS) is 12.0. The summed E-state index contributed by atoms with van der Waals surface area (Å²) in [4.78, 5) is 0.703. The van der Waals surface area contributed by atoms with E-state index in [1.54, 1.807) is 6.92 Å². The Morgan fingerprint density at radius 1 is 1.40 bits per heavy atom. The highest BCUT2D eigenvalue weighted by Gasteiger charge is 2.25.